The molecule has 0 heterocycles. The summed E-state index contributed by atoms with van der Waals surface area (Å²) in [6.45, 7) is 2.15. The van der Waals surface area contributed by atoms with Crippen LogP contribution in [0.3, 0.4) is 0 Å². The molecular formula is C12H11Br. The Morgan fingerprint density at radius 2 is 1.69 bits per heavy atom. The lowest BCUT2D eigenvalue weighted by Crippen LogP contribution is -1.85. The van der Waals surface area contributed by atoms with E-state index in [4.69, 9.17) is 0 Å². The summed E-state index contributed by atoms with van der Waals surface area (Å²) in [6.07, 6.45) is 0. The summed E-state index contributed by atoms with van der Waals surface area (Å²) >= 11 is 3.60. The zero-order valence-corrected chi connectivity index (χ0v) is 9.08. The lowest BCUT2D eigenvalue weighted by molar-refractivity contribution is 1.14. The van der Waals surface area contributed by atoms with Crippen molar-refractivity contribution in [2.75, 3.05) is 0 Å². The molecule has 0 N–H and O–H groups in total. The van der Waals surface area contributed by atoms with Gasteiger partial charge in [0.05, 0.1) is 0 Å². The lowest BCUT2D eigenvalue weighted by Gasteiger charge is -2.07. The Morgan fingerprint density at radius 3 is 2.46 bits per heavy atom. The topological polar surface area (TPSA) is 0 Å². The van der Waals surface area contributed by atoms with Crippen molar-refractivity contribution in [1.29, 1.82) is 0 Å². The number of hydrogen-bond acceptors (Lipinski definition) is 0. The van der Waals surface area contributed by atoms with Crippen LogP contribution in [0.4, 0.5) is 0 Å². The average molecular weight is 235 g/mol. The predicted octanol–water partition coefficient (Wildman–Crippen LogP) is 4.30. The van der Waals surface area contributed by atoms with Crippen LogP contribution in [0.15, 0.2) is 42.5 Å². The highest BCUT2D eigenvalue weighted by Gasteiger charge is 2.04. The fraction of sp³-hybridized carbons (Fsp3) is 0.167. The summed E-state index contributed by atoms with van der Waals surface area (Å²) in [5.41, 5.74) is 1.36. The van der Waals surface area contributed by atoms with Gasteiger partial charge in [-0.25, -0.2) is 0 Å². The second kappa shape index (κ2) is 3.51. The van der Waals surface area contributed by atoms with Gasteiger partial charge in [0, 0.05) is 4.83 Å². The predicted molar refractivity (Wildman–Crippen MR) is 61.3 cm³/mol. The summed E-state index contributed by atoms with van der Waals surface area (Å²) in [7, 11) is 0. The van der Waals surface area contributed by atoms with Crippen LogP contribution in [0, 0.1) is 0 Å². The first-order chi connectivity index (χ1) is 6.29. The van der Waals surface area contributed by atoms with E-state index < -0.39 is 0 Å². The first kappa shape index (κ1) is 8.76. The molecule has 0 aliphatic rings. The third kappa shape index (κ3) is 1.61. The molecule has 0 spiro atoms. The van der Waals surface area contributed by atoms with Crippen LogP contribution >= 0.6 is 15.9 Å². The van der Waals surface area contributed by atoms with Gasteiger partial charge >= 0.3 is 0 Å². The van der Waals surface area contributed by atoms with Gasteiger partial charge in [-0.1, -0.05) is 58.4 Å². The van der Waals surface area contributed by atoms with E-state index in [0.29, 0.717) is 4.83 Å². The van der Waals surface area contributed by atoms with Crippen LogP contribution in [-0.4, -0.2) is 0 Å². The van der Waals surface area contributed by atoms with Crippen molar-refractivity contribution >= 4 is 26.7 Å². The van der Waals surface area contributed by atoms with Crippen molar-refractivity contribution < 1.29 is 0 Å². The van der Waals surface area contributed by atoms with Gasteiger partial charge in [-0.15, -0.1) is 0 Å². The Morgan fingerprint density at radius 1 is 1.00 bits per heavy atom. The van der Waals surface area contributed by atoms with E-state index in [1.807, 2.05) is 0 Å². The Bertz CT molecular complexity index is 413. The minimum Gasteiger partial charge on any atom is -0.0842 e. The summed E-state index contributed by atoms with van der Waals surface area (Å²) in [4.78, 5) is 0.415. The van der Waals surface area contributed by atoms with E-state index in [1.165, 1.54) is 16.3 Å². The SMILES string of the molecule is C[C@H](Br)c1cccc2ccccc12. The zero-order chi connectivity index (χ0) is 9.26. The molecular weight excluding hydrogens is 224 g/mol. The molecule has 2 rings (SSSR count). The van der Waals surface area contributed by atoms with Gasteiger partial charge in [0.2, 0.25) is 0 Å². The highest BCUT2D eigenvalue weighted by Crippen LogP contribution is 2.28. The van der Waals surface area contributed by atoms with Gasteiger partial charge in [0.1, 0.15) is 0 Å². The minimum absolute atomic E-state index is 0.415. The van der Waals surface area contributed by atoms with Crippen LogP contribution in [0.5, 0.6) is 0 Å². The highest BCUT2D eigenvalue weighted by atomic mass is 79.9. The first-order valence-corrected chi connectivity index (χ1v) is 5.32. The molecule has 2 aromatic rings. The van der Waals surface area contributed by atoms with Gasteiger partial charge in [0.25, 0.3) is 0 Å². The summed E-state index contributed by atoms with van der Waals surface area (Å²) in [5, 5.41) is 2.65. The van der Waals surface area contributed by atoms with Crippen LogP contribution in [0.2, 0.25) is 0 Å². The molecule has 0 radical (unpaired) electrons. The molecule has 0 saturated carbocycles. The Hall–Kier alpha value is -0.820. The average Bonchev–Trinajstić information content (AvgIpc) is 2.17. The third-order valence-electron chi connectivity index (χ3n) is 2.25. The molecule has 2 aromatic carbocycles. The molecule has 0 aromatic heterocycles. The van der Waals surface area contributed by atoms with E-state index in [-0.39, 0.29) is 0 Å². The molecule has 0 bridgehead atoms. The highest BCUT2D eigenvalue weighted by molar-refractivity contribution is 9.09. The van der Waals surface area contributed by atoms with E-state index in [0.717, 1.165) is 0 Å². The summed E-state index contributed by atoms with van der Waals surface area (Å²) in [6, 6.07) is 14.9. The Kier molecular flexibility index (Phi) is 2.36. The molecule has 1 heteroatoms. The molecule has 0 saturated heterocycles. The fourth-order valence-corrected chi connectivity index (χ4v) is 2.00. The van der Waals surface area contributed by atoms with Crippen LogP contribution in [-0.2, 0) is 0 Å². The van der Waals surface area contributed by atoms with Crippen molar-refractivity contribution in [2.45, 2.75) is 11.8 Å². The molecule has 0 nitrogen and oxygen atoms in total. The molecule has 0 fully saturated rings. The van der Waals surface area contributed by atoms with Gasteiger partial charge in [-0.2, -0.15) is 0 Å². The fourth-order valence-electron chi connectivity index (χ4n) is 1.60. The van der Waals surface area contributed by atoms with Crippen LogP contribution in [0.1, 0.15) is 17.3 Å². The van der Waals surface area contributed by atoms with Crippen molar-refractivity contribution in [3.05, 3.63) is 48.0 Å². The summed E-state index contributed by atoms with van der Waals surface area (Å²) < 4.78 is 0. The van der Waals surface area contributed by atoms with E-state index in [1.54, 1.807) is 0 Å². The largest absolute Gasteiger partial charge is 0.0842 e. The maximum Gasteiger partial charge on any atom is 0.0373 e. The van der Waals surface area contributed by atoms with Gasteiger partial charge in [-0.05, 0) is 23.3 Å². The molecule has 0 aliphatic heterocycles. The number of benzene rings is 2. The number of hydrogen-bond donors (Lipinski definition) is 0. The maximum atomic E-state index is 3.60. The Labute approximate surface area is 86.7 Å². The molecule has 0 amide bonds. The third-order valence-corrected chi connectivity index (χ3v) is 2.75. The van der Waals surface area contributed by atoms with Gasteiger partial charge in [0.15, 0.2) is 0 Å². The number of halogens is 1. The van der Waals surface area contributed by atoms with Crippen molar-refractivity contribution in [3.8, 4) is 0 Å². The number of fused-ring (bicyclic) bond motifs is 1. The van der Waals surface area contributed by atoms with Crippen LogP contribution < -0.4 is 0 Å². The molecule has 0 unspecified atom stereocenters. The van der Waals surface area contributed by atoms with Gasteiger partial charge < -0.3 is 0 Å². The summed E-state index contributed by atoms with van der Waals surface area (Å²) in [5.74, 6) is 0. The quantitative estimate of drug-likeness (QED) is 0.646. The monoisotopic (exact) mass is 234 g/mol. The normalized spacial score (nSPS) is 13.1. The zero-order valence-electron chi connectivity index (χ0n) is 7.50. The maximum absolute atomic E-state index is 3.60. The standard InChI is InChI=1S/C12H11Br/c1-9(13)11-8-4-6-10-5-2-3-7-12(10)11/h2-9H,1H3/t9-/m0/s1. The molecule has 66 valence electrons. The second-order valence-corrected chi connectivity index (χ2v) is 4.56. The van der Waals surface area contributed by atoms with Crippen molar-refractivity contribution in [1.82, 2.24) is 0 Å². The van der Waals surface area contributed by atoms with E-state index in [2.05, 4.69) is 65.3 Å². The minimum atomic E-state index is 0.415. The van der Waals surface area contributed by atoms with Crippen molar-refractivity contribution in [2.24, 2.45) is 0 Å². The lowest BCUT2D eigenvalue weighted by atomic mass is 10.0. The first-order valence-electron chi connectivity index (χ1n) is 4.41. The number of rotatable bonds is 1. The molecule has 1 atom stereocenters. The second-order valence-electron chi connectivity index (χ2n) is 3.18. The Balaban J connectivity index is 2.76. The molecule has 13 heavy (non-hydrogen) atoms. The smallest absolute Gasteiger partial charge is 0.0373 e. The van der Waals surface area contributed by atoms with E-state index in [9.17, 15) is 0 Å². The molecule has 0 aliphatic carbocycles. The van der Waals surface area contributed by atoms with Gasteiger partial charge in [-0.3, -0.25) is 0 Å². The van der Waals surface area contributed by atoms with Crippen LogP contribution in [0.25, 0.3) is 10.8 Å². The van der Waals surface area contributed by atoms with Crippen molar-refractivity contribution in [3.63, 3.8) is 0 Å². The number of alkyl halides is 1. The van der Waals surface area contributed by atoms with E-state index >= 15 is 0 Å².